The summed E-state index contributed by atoms with van der Waals surface area (Å²) in [5.74, 6) is -0.453. The first-order chi connectivity index (χ1) is 17.8. The van der Waals surface area contributed by atoms with Gasteiger partial charge in [-0.15, -0.1) is 10.2 Å². The molecule has 1 aromatic heterocycles. The zero-order valence-electron chi connectivity index (χ0n) is 19.4. The maximum absolute atomic E-state index is 13.2. The molecule has 3 aromatic rings. The van der Waals surface area contributed by atoms with Gasteiger partial charge in [0.15, 0.2) is 11.0 Å². The summed E-state index contributed by atoms with van der Waals surface area (Å²) >= 11 is 1.08. The zero-order chi connectivity index (χ0) is 26.8. The van der Waals surface area contributed by atoms with E-state index in [0.29, 0.717) is 16.7 Å². The van der Waals surface area contributed by atoms with E-state index >= 15 is 0 Å². The fraction of sp³-hybridized carbons (Fsp3) is 0.304. The number of thioether (sulfide) groups is 1. The molecule has 1 heterocycles. The van der Waals surface area contributed by atoms with Crippen LogP contribution in [0.2, 0.25) is 0 Å². The molecule has 12 nitrogen and oxygen atoms in total. The van der Waals surface area contributed by atoms with Crippen molar-refractivity contribution in [1.82, 2.24) is 20.2 Å². The number of para-hydroxylation sites is 1. The van der Waals surface area contributed by atoms with Crippen LogP contribution in [0, 0.1) is 5.82 Å². The van der Waals surface area contributed by atoms with Crippen molar-refractivity contribution in [3.63, 3.8) is 0 Å². The van der Waals surface area contributed by atoms with E-state index in [1.54, 1.807) is 16.7 Å². The van der Waals surface area contributed by atoms with Crippen molar-refractivity contribution >= 4 is 29.6 Å². The van der Waals surface area contributed by atoms with Crippen LogP contribution in [0.3, 0.4) is 0 Å². The van der Waals surface area contributed by atoms with E-state index in [2.05, 4.69) is 26.0 Å². The average Bonchev–Trinajstić information content (AvgIpc) is 3.33. The van der Waals surface area contributed by atoms with Gasteiger partial charge in [0.2, 0.25) is 0 Å². The molecule has 37 heavy (non-hydrogen) atoms. The number of carbonyl (C=O) groups excluding carboxylic acids is 1. The molecule has 0 aliphatic heterocycles. The maximum atomic E-state index is 13.2. The molecule has 7 N–H and O–H groups in total. The number of carbonyl (C=O) groups is 1. The van der Waals surface area contributed by atoms with Crippen molar-refractivity contribution in [3.8, 4) is 5.69 Å². The number of hydrogen-bond donors (Lipinski definition) is 7. The number of hydrogen-bond acceptors (Lipinski definition) is 11. The van der Waals surface area contributed by atoms with Gasteiger partial charge in [0.25, 0.3) is 5.91 Å². The lowest BCUT2D eigenvalue weighted by molar-refractivity contribution is -0.118. The predicted molar refractivity (Wildman–Crippen MR) is 134 cm³/mol. The summed E-state index contributed by atoms with van der Waals surface area (Å²) in [5.41, 5.74) is 3.65. The molecule has 0 saturated carbocycles. The van der Waals surface area contributed by atoms with E-state index in [0.717, 1.165) is 23.7 Å². The van der Waals surface area contributed by atoms with Gasteiger partial charge in [0.1, 0.15) is 30.2 Å². The van der Waals surface area contributed by atoms with Gasteiger partial charge in [0, 0.05) is 11.4 Å². The molecule has 198 valence electrons. The quantitative estimate of drug-likeness (QED) is 0.0868. The van der Waals surface area contributed by atoms with Gasteiger partial charge in [-0.2, -0.15) is 5.10 Å². The highest BCUT2D eigenvalue weighted by atomic mass is 32.2. The molecule has 0 bridgehead atoms. The molecule has 0 radical (unpaired) electrons. The highest BCUT2D eigenvalue weighted by Gasteiger charge is 2.29. The summed E-state index contributed by atoms with van der Waals surface area (Å²) in [4.78, 5) is 12.2. The lowest BCUT2D eigenvalue weighted by Gasteiger charge is -2.23. The van der Waals surface area contributed by atoms with Crippen LogP contribution >= 0.6 is 11.8 Å². The Morgan fingerprint density at radius 1 is 1.05 bits per heavy atom. The predicted octanol–water partition coefficient (Wildman–Crippen LogP) is -0.352. The first-order valence-electron chi connectivity index (χ1n) is 11.1. The number of aromatic nitrogens is 3. The van der Waals surface area contributed by atoms with Gasteiger partial charge in [0.05, 0.1) is 25.1 Å². The Balaban J connectivity index is 1.61. The fourth-order valence-electron chi connectivity index (χ4n) is 3.07. The second kappa shape index (κ2) is 13.8. The number of aliphatic hydroxyl groups is 5. The van der Waals surface area contributed by atoms with Crippen molar-refractivity contribution in [2.45, 2.75) is 36.1 Å². The van der Waals surface area contributed by atoms with Gasteiger partial charge < -0.3 is 30.8 Å². The molecule has 3 rings (SSSR count). The zero-order valence-corrected chi connectivity index (χ0v) is 20.2. The summed E-state index contributed by atoms with van der Waals surface area (Å²) in [6.07, 6.45) is -6.22. The third-order valence-electron chi connectivity index (χ3n) is 5.04. The summed E-state index contributed by atoms with van der Waals surface area (Å²) < 4.78 is 14.9. The van der Waals surface area contributed by atoms with Crippen molar-refractivity contribution in [2.24, 2.45) is 5.10 Å². The first kappa shape index (κ1) is 28.2. The number of aliphatic hydroxyl groups excluding tert-OH is 5. The second-order valence-electron chi connectivity index (χ2n) is 7.75. The molecule has 0 aliphatic rings. The number of amides is 1. The van der Waals surface area contributed by atoms with Crippen LogP contribution in [0.25, 0.3) is 5.69 Å². The second-order valence-corrected chi connectivity index (χ2v) is 8.70. The van der Waals surface area contributed by atoms with E-state index in [1.807, 2.05) is 30.3 Å². The number of rotatable bonds is 13. The number of benzene rings is 2. The molecule has 14 heteroatoms. The first-order valence-corrected chi connectivity index (χ1v) is 12.1. The van der Waals surface area contributed by atoms with E-state index in [4.69, 9.17) is 5.11 Å². The molecular formula is C23H27FN6O6S. The number of nitrogens with one attached hydrogen (secondary N) is 2. The molecule has 0 aliphatic carbocycles. The van der Waals surface area contributed by atoms with Gasteiger partial charge >= 0.3 is 0 Å². The molecule has 0 unspecified atom stereocenters. The van der Waals surface area contributed by atoms with Crippen LogP contribution in [0.4, 0.5) is 10.1 Å². The largest absolute Gasteiger partial charge is 0.394 e. The molecular weight excluding hydrogens is 507 g/mol. The average molecular weight is 535 g/mol. The van der Waals surface area contributed by atoms with Crippen LogP contribution in [0.1, 0.15) is 5.82 Å². The van der Waals surface area contributed by atoms with Crippen LogP contribution in [-0.4, -0.2) is 89.2 Å². The van der Waals surface area contributed by atoms with Crippen molar-refractivity contribution in [3.05, 3.63) is 66.2 Å². The van der Waals surface area contributed by atoms with Crippen molar-refractivity contribution in [2.75, 3.05) is 17.7 Å². The molecule has 0 saturated heterocycles. The third kappa shape index (κ3) is 8.04. The van der Waals surface area contributed by atoms with Gasteiger partial charge in [-0.3, -0.25) is 9.36 Å². The van der Waals surface area contributed by atoms with Gasteiger partial charge in [-0.25, -0.2) is 9.82 Å². The number of halogens is 1. The van der Waals surface area contributed by atoms with Gasteiger partial charge in [-0.1, -0.05) is 30.0 Å². The summed E-state index contributed by atoms with van der Waals surface area (Å²) in [6, 6.07) is 15.1. The molecule has 1 amide bonds. The lowest BCUT2D eigenvalue weighted by atomic mass is 10.0. The van der Waals surface area contributed by atoms with Crippen molar-refractivity contribution in [1.29, 1.82) is 0 Å². The third-order valence-corrected chi connectivity index (χ3v) is 5.97. The standard InChI is InChI=1S/C23H27FN6O6S/c24-14-6-8-15(9-7-14)25-11-19-27-29-23(30(19)16-4-2-1-3-5-16)37-13-20(34)28-26-10-17(32)21(35)22(36)18(33)12-31/h1-10,17-18,21-22,25,31-33,35-36H,11-13H2,(H,28,34)/b26-10+/t17-,18+,21-,22+/m0/s1. The lowest BCUT2D eigenvalue weighted by Crippen LogP contribution is -2.46. The normalized spacial score (nSPS) is 14.8. The van der Waals surface area contributed by atoms with Crippen LogP contribution in [0.5, 0.6) is 0 Å². The molecule has 4 atom stereocenters. The van der Waals surface area contributed by atoms with E-state index in [9.17, 15) is 29.6 Å². The Kier molecular flexibility index (Phi) is 10.5. The summed E-state index contributed by atoms with van der Waals surface area (Å²) in [6.45, 7) is -0.532. The summed E-state index contributed by atoms with van der Waals surface area (Å²) in [5, 5.41) is 62.8. The minimum absolute atomic E-state index is 0.113. The van der Waals surface area contributed by atoms with E-state index in [-0.39, 0.29) is 18.1 Å². The van der Waals surface area contributed by atoms with E-state index in [1.165, 1.54) is 12.1 Å². The Morgan fingerprint density at radius 2 is 1.76 bits per heavy atom. The topological polar surface area (TPSA) is 185 Å². The van der Waals surface area contributed by atoms with Crippen LogP contribution in [-0.2, 0) is 11.3 Å². The SMILES string of the molecule is O=C(CSc1nnc(CNc2ccc(F)cc2)n1-c1ccccc1)N/N=C/[C@H](O)[C@H](O)[C@H](O)[C@H](O)CO. The van der Waals surface area contributed by atoms with Crippen LogP contribution in [0.15, 0.2) is 64.9 Å². The minimum Gasteiger partial charge on any atom is -0.394 e. The van der Waals surface area contributed by atoms with Crippen molar-refractivity contribution < 1.29 is 34.7 Å². The number of hydrazone groups is 1. The number of anilines is 1. The highest BCUT2D eigenvalue weighted by molar-refractivity contribution is 7.99. The highest BCUT2D eigenvalue weighted by Crippen LogP contribution is 2.22. The fourth-order valence-corrected chi connectivity index (χ4v) is 3.83. The smallest absolute Gasteiger partial charge is 0.250 e. The van der Waals surface area contributed by atoms with Gasteiger partial charge in [-0.05, 0) is 36.4 Å². The Hall–Kier alpha value is -3.40. The summed E-state index contributed by atoms with van der Waals surface area (Å²) in [7, 11) is 0. The monoisotopic (exact) mass is 534 g/mol. The van der Waals surface area contributed by atoms with Crippen LogP contribution < -0.4 is 10.7 Å². The molecule has 0 spiro atoms. The van der Waals surface area contributed by atoms with E-state index < -0.39 is 36.9 Å². The Labute approximate surface area is 215 Å². The maximum Gasteiger partial charge on any atom is 0.250 e. The molecule has 0 fully saturated rings. The Morgan fingerprint density at radius 3 is 2.43 bits per heavy atom. The molecule has 2 aromatic carbocycles. The Bertz CT molecular complexity index is 1170. The minimum atomic E-state index is -1.83. The number of nitrogens with zero attached hydrogens (tertiary/aromatic N) is 4.